The molecule has 1 aromatic carbocycles. The minimum Gasteiger partial charge on any atom is -0.321 e. The highest BCUT2D eigenvalue weighted by Crippen LogP contribution is 2.28. The highest BCUT2D eigenvalue weighted by Gasteiger charge is 2.15. The number of amides is 1. The number of nitrogens with one attached hydrogen (secondary N) is 2. The van der Waals surface area contributed by atoms with Gasteiger partial charge in [0.25, 0.3) is 5.91 Å². The quantitative estimate of drug-likeness (QED) is 0.755. The molecule has 5 nitrogen and oxygen atoms in total. The molecule has 0 aliphatic heterocycles. The van der Waals surface area contributed by atoms with Crippen molar-refractivity contribution in [3.63, 3.8) is 0 Å². The molecule has 0 unspecified atom stereocenters. The van der Waals surface area contributed by atoms with Crippen LogP contribution in [0.1, 0.15) is 27.9 Å². The maximum atomic E-state index is 12.5. The first-order valence-electron chi connectivity index (χ1n) is 7.62. The van der Waals surface area contributed by atoms with Gasteiger partial charge in [0.2, 0.25) is 0 Å². The molecule has 0 aliphatic rings. The molecule has 2 aromatic heterocycles. The van der Waals surface area contributed by atoms with Crippen molar-refractivity contribution in [3.8, 4) is 0 Å². The zero-order valence-electron chi connectivity index (χ0n) is 13.5. The summed E-state index contributed by atoms with van der Waals surface area (Å²) in [4.78, 5) is 14.2. The summed E-state index contributed by atoms with van der Waals surface area (Å²) in [5.41, 5.74) is 2.92. The van der Waals surface area contributed by atoms with Crippen LogP contribution >= 0.6 is 11.3 Å². The summed E-state index contributed by atoms with van der Waals surface area (Å²) in [6.45, 7) is 5.75. The van der Waals surface area contributed by atoms with Gasteiger partial charge in [0.05, 0.1) is 10.6 Å². The maximum absolute atomic E-state index is 12.5. The van der Waals surface area contributed by atoms with Gasteiger partial charge in [-0.15, -0.1) is 11.3 Å². The van der Waals surface area contributed by atoms with Crippen molar-refractivity contribution in [1.82, 2.24) is 15.1 Å². The molecule has 0 saturated carbocycles. The van der Waals surface area contributed by atoms with E-state index in [1.807, 2.05) is 49.0 Å². The molecule has 23 heavy (non-hydrogen) atoms. The van der Waals surface area contributed by atoms with Crippen LogP contribution in [-0.2, 0) is 13.6 Å². The van der Waals surface area contributed by atoms with E-state index >= 15 is 0 Å². The zero-order chi connectivity index (χ0) is 16.4. The number of thiophene rings is 1. The first-order valence-corrected chi connectivity index (χ1v) is 8.44. The lowest BCUT2D eigenvalue weighted by Crippen LogP contribution is -2.13. The van der Waals surface area contributed by atoms with Crippen LogP contribution in [-0.4, -0.2) is 22.2 Å². The van der Waals surface area contributed by atoms with Crippen LogP contribution in [0.15, 0.2) is 30.3 Å². The average Bonchev–Trinajstić information content (AvgIpc) is 3.08. The van der Waals surface area contributed by atoms with E-state index in [-0.39, 0.29) is 5.91 Å². The Bertz CT molecular complexity index is 815. The minimum absolute atomic E-state index is 0.0776. The molecular weight excluding hydrogens is 308 g/mol. The Hall–Kier alpha value is -2.18. The Morgan fingerprint density at radius 2 is 2.17 bits per heavy atom. The first-order chi connectivity index (χ1) is 11.1. The number of carbonyl (C=O) groups is 1. The van der Waals surface area contributed by atoms with Crippen molar-refractivity contribution < 1.29 is 4.79 Å². The van der Waals surface area contributed by atoms with Gasteiger partial charge in [-0.25, -0.2) is 0 Å². The summed E-state index contributed by atoms with van der Waals surface area (Å²) in [5, 5.41) is 11.7. The molecule has 2 heterocycles. The van der Waals surface area contributed by atoms with Crippen molar-refractivity contribution in [2.24, 2.45) is 7.05 Å². The molecule has 0 atom stereocenters. The summed E-state index contributed by atoms with van der Waals surface area (Å²) < 4.78 is 1.82. The smallest absolute Gasteiger partial charge is 0.265 e. The first kappa shape index (κ1) is 15.7. The second-order valence-electron chi connectivity index (χ2n) is 5.47. The summed E-state index contributed by atoms with van der Waals surface area (Å²) in [5.74, 6) is -0.0776. The molecule has 0 fully saturated rings. The van der Waals surface area contributed by atoms with Crippen molar-refractivity contribution in [2.45, 2.75) is 20.4 Å². The highest BCUT2D eigenvalue weighted by atomic mass is 32.1. The number of benzene rings is 1. The fourth-order valence-corrected chi connectivity index (χ4v) is 3.56. The van der Waals surface area contributed by atoms with E-state index in [4.69, 9.17) is 0 Å². The number of hydrogen-bond acceptors (Lipinski definition) is 4. The molecule has 3 rings (SSSR count). The number of carbonyl (C=O) groups excluding carboxylic acids is 1. The van der Waals surface area contributed by atoms with Gasteiger partial charge in [0.1, 0.15) is 4.83 Å². The SMILES string of the molecule is CCNCc1cccc(NC(=O)c2cc3c(C)nn(C)c3s2)c1. The van der Waals surface area contributed by atoms with Gasteiger partial charge in [-0.3, -0.25) is 9.48 Å². The fraction of sp³-hybridized carbons (Fsp3) is 0.294. The van der Waals surface area contributed by atoms with E-state index in [0.29, 0.717) is 4.88 Å². The van der Waals surface area contributed by atoms with Crippen LogP contribution in [0.2, 0.25) is 0 Å². The van der Waals surface area contributed by atoms with Crippen molar-refractivity contribution >= 4 is 33.1 Å². The van der Waals surface area contributed by atoms with E-state index in [1.165, 1.54) is 11.3 Å². The van der Waals surface area contributed by atoms with Crippen LogP contribution in [0.4, 0.5) is 5.69 Å². The van der Waals surface area contributed by atoms with Gasteiger partial charge in [-0.2, -0.15) is 5.10 Å². The number of rotatable bonds is 5. The Morgan fingerprint density at radius 1 is 1.35 bits per heavy atom. The van der Waals surface area contributed by atoms with Crippen LogP contribution in [0, 0.1) is 6.92 Å². The molecule has 0 spiro atoms. The van der Waals surface area contributed by atoms with Gasteiger partial charge in [0, 0.05) is 24.7 Å². The van der Waals surface area contributed by atoms with E-state index in [1.54, 1.807) is 0 Å². The molecule has 0 aliphatic carbocycles. The summed E-state index contributed by atoms with van der Waals surface area (Å²) in [6, 6.07) is 9.84. The van der Waals surface area contributed by atoms with E-state index < -0.39 is 0 Å². The third kappa shape index (κ3) is 3.28. The van der Waals surface area contributed by atoms with E-state index in [2.05, 4.69) is 22.7 Å². The number of aromatic nitrogens is 2. The lowest BCUT2D eigenvalue weighted by molar-refractivity contribution is 0.103. The Balaban J connectivity index is 1.79. The number of nitrogens with zero attached hydrogens (tertiary/aromatic N) is 2. The minimum atomic E-state index is -0.0776. The predicted molar refractivity (Wildman–Crippen MR) is 95.1 cm³/mol. The summed E-state index contributed by atoms with van der Waals surface area (Å²) >= 11 is 1.47. The molecule has 0 saturated heterocycles. The predicted octanol–water partition coefficient (Wildman–Crippen LogP) is 3.31. The second kappa shape index (κ2) is 6.52. The Labute approximate surface area is 139 Å². The molecule has 0 radical (unpaired) electrons. The third-order valence-electron chi connectivity index (χ3n) is 3.68. The molecule has 120 valence electrons. The molecule has 2 N–H and O–H groups in total. The van der Waals surface area contributed by atoms with Gasteiger partial charge in [-0.1, -0.05) is 19.1 Å². The monoisotopic (exact) mass is 328 g/mol. The summed E-state index contributed by atoms with van der Waals surface area (Å²) in [7, 11) is 1.90. The van der Waals surface area contributed by atoms with Gasteiger partial charge < -0.3 is 10.6 Å². The van der Waals surface area contributed by atoms with E-state index in [0.717, 1.165) is 40.3 Å². The number of aryl methyl sites for hydroxylation is 2. The van der Waals surface area contributed by atoms with Crippen molar-refractivity contribution in [1.29, 1.82) is 0 Å². The highest BCUT2D eigenvalue weighted by molar-refractivity contribution is 7.20. The average molecular weight is 328 g/mol. The normalized spacial score (nSPS) is 11.1. The van der Waals surface area contributed by atoms with Crippen LogP contribution in [0.5, 0.6) is 0 Å². The molecular formula is C17H20N4OS. The van der Waals surface area contributed by atoms with Crippen LogP contribution in [0.25, 0.3) is 10.2 Å². The standard InChI is InChI=1S/C17H20N4OS/c1-4-18-10-12-6-5-7-13(8-12)19-16(22)15-9-14-11(2)20-21(3)17(14)23-15/h5-9,18H,4,10H2,1-3H3,(H,19,22). The second-order valence-corrected chi connectivity index (χ2v) is 6.50. The molecule has 3 aromatic rings. The number of anilines is 1. The van der Waals surface area contributed by atoms with Crippen LogP contribution in [0.3, 0.4) is 0 Å². The van der Waals surface area contributed by atoms with E-state index in [9.17, 15) is 4.79 Å². The lowest BCUT2D eigenvalue weighted by Gasteiger charge is -2.07. The Kier molecular flexibility index (Phi) is 4.45. The molecule has 0 bridgehead atoms. The molecule has 1 amide bonds. The number of hydrogen-bond donors (Lipinski definition) is 2. The number of fused-ring (bicyclic) bond motifs is 1. The summed E-state index contributed by atoms with van der Waals surface area (Å²) in [6.07, 6.45) is 0. The van der Waals surface area contributed by atoms with Gasteiger partial charge in [-0.05, 0) is 37.2 Å². The van der Waals surface area contributed by atoms with Crippen molar-refractivity contribution in [3.05, 3.63) is 46.5 Å². The van der Waals surface area contributed by atoms with Gasteiger partial charge >= 0.3 is 0 Å². The topological polar surface area (TPSA) is 58.9 Å². The largest absolute Gasteiger partial charge is 0.321 e. The Morgan fingerprint density at radius 3 is 2.91 bits per heavy atom. The molecule has 6 heteroatoms. The third-order valence-corrected chi connectivity index (χ3v) is 4.88. The lowest BCUT2D eigenvalue weighted by atomic mass is 10.2. The van der Waals surface area contributed by atoms with Crippen LogP contribution < -0.4 is 10.6 Å². The zero-order valence-corrected chi connectivity index (χ0v) is 14.3. The maximum Gasteiger partial charge on any atom is 0.265 e. The fourth-order valence-electron chi connectivity index (χ4n) is 2.54. The van der Waals surface area contributed by atoms with Gasteiger partial charge in [0.15, 0.2) is 0 Å². The van der Waals surface area contributed by atoms with Crippen molar-refractivity contribution in [2.75, 3.05) is 11.9 Å².